The minimum absolute atomic E-state index is 0.0367. The van der Waals surface area contributed by atoms with E-state index < -0.39 is 5.97 Å². The number of hydrogen-bond acceptors (Lipinski definition) is 3. The molecule has 2 unspecified atom stereocenters. The first kappa shape index (κ1) is 14.5. The highest BCUT2D eigenvalue weighted by Gasteiger charge is 2.29. The fourth-order valence-electron chi connectivity index (χ4n) is 2.39. The van der Waals surface area contributed by atoms with Crippen LogP contribution in [0.2, 0.25) is 0 Å². The molecule has 0 aromatic heterocycles. The van der Waals surface area contributed by atoms with Crippen molar-refractivity contribution in [3.05, 3.63) is 0 Å². The first-order chi connectivity index (χ1) is 8.38. The summed E-state index contributed by atoms with van der Waals surface area (Å²) in [5.74, 6) is -0.852. The Morgan fingerprint density at radius 3 is 2.44 bits per heavy atom. The van der Waals surface area contributed by atoms with E-state index in [0.29, 0.717) is 19.5 Å². The standard InChI is InChI=1S/C12H20N2O4/c1-8(15)13-11-5-10(3-4-12(17)18)6-14(7-11)9(2)16/h10-11H,3-7H2,1-2H3,(H,13,15)(H,17,18). The topological polar surface area (TPSA) is 86.7 Å². The Morgan fingerprint density at radius 1 is 1.28 bits per heavy atom. The Morgan fingerprint density at radius 2 is 1.94 bits per heavy atom. The van der Waals surface area contributed by atoms with Gasteiger partial charge in [0.15, 0.2) is 0 Å². The molecular weight excluding hydrogens is 236 g/mol. The number of hydrogen-bond donors (Lipinski definition) is 2. The number of likely N-dealkylation sites (tertiary alicyclic amines) is 1. The molecule has 0 spiro atoms. The van der Waals surface area contributed by atoms with Gasteiger partial charge in [0, 0.05) is 39.4 Å². The van der Waals surface area contributed by atoms with Gasteiger partial charge in [-0.3, -0.25) is 14.4 Å². The van der Waals surface area contributed by atoms with Crippen LogP contribution in [0.1, 0.15) is 33.1 Å². The molecule has 1 aliphatic heterocycles. The van der Waals surface area contributed by atoms with Gasteiger partial charge in [0.05, 0.1) is 0 Å². The van der Waals surface area contributed by atoms with Crippen LogP contribution in [-0.2, 0) is 14.4 Å². The molecule has 2 amide bonds. The van der Waals surface area contributed by atoms with E-state index in [1.54, 1.807) is 4.90 Å². The summed E-state index contributed by atoms with van der Waals surface area (Å²) in [5.41, 5.74) is 0. The summed E-state index contributed by atoms with van der Waals surface area (Å²) in [4.78, 5) is 34.7. The fraction of sp³-hybridized carbons (Fsp3) is 0.750. The molecule has 1 aliphatic rings. The molecule has 2 N–H and O–H groups in total. The summed E-state index contributed by atoms with van der Waals surface area (Å²) in [5, 5.41) is 11.5. The van der Waals surface area contributed by atoms with E-state index in [-0.39, 0.29) is 30.2 Å². The maximum absolute atomic E-state index is 11.4. The number of carbonyl (C=O) groups excluding carboxylic acids is 2. The minimum atomic E-state index is -0.828. The minimum Gasteiger partial charge on any atom is -0.481 e. The molecule has 6 nitrogen and oxygen atoms in total. The third kappa shape index (κ3) is 4.73. The maximum atomic E-state index is 11.4. The van der Waals surface area contributed by atoms with Crippen molar-refractivity contribution >= 4 is 17.8 Å². The van der Waals surface area contributed by atoms with Crippen LogP contribution in [0.25, 0.3) is 0 Å². The van der Waals surface area contributed by atoms with Gasteiger partial charge < -0.3 is 15.3 Å². The molecule has 2 atom stereocenters. The first-order valence-electron chi connectivity index (χ1n) is 6.13. The van der Waals surface area contributed by atoms with Gasteiger partial charge in [-0.2, -0.15) is 0 Å². The normalized spacial score (nSPS) is 23.6. The van der Waals surface area contributed by atoms with E-state index in [0.717, 1.165) is 6.42 Å². The van der Waals surface area contributed by atoms with Crippen molar-refractivity contribution < 1.29 is 19.5 Å². The smallest absolute Gasteiger partial charge is 0.303 e. The van der Waals surface area contributed by atoms with E-state index >= 15 is 0 Å². The van der Waals surface area contributed by atoms with Crippen molar-refractivity contribution in [2.45, 2.75) is 39.2 Å². The molecule has 0 aromatic carbocycles. The van der Waals surface area contributed by atoms with Gasteiger partial charge in [-0.25, -0.2) is 0 Å². The Balaban J connectivity index is 2.58. The van der Waals surface area contributed by atoms with Crippen molar-refractivity contribution in [2.75, 3.05) is 13.1 Å². The zero-order chi connectivity index (χ0) is 13.7. The van der Waals surface area contributed by atoms with Crippen LogP contribution in [-0.4, -0.2) is 46.9 Å². The molecule has 1 saturated heterocycles. The highest BCUT2D eigenvalue weighted by molar-refractivity contribution is 5.75. The number of piperidine rings is 1. The third-order valence-corrected chi connectivity index (χ3v) is 3.16. The largest absolute Gasteiger partial charge is 0.481 e. The third-order valence-electron chi connectivity index (χ3n) is 3.16. The lowest BCUT2D eigenvalue weighted by atomic mass is 9.90. The van der Waals surface area contributed by atoms with Crippen LogP contribution in [0.3, 0.4) is 0 Å². The number of nitrogens with one attached hydrogen (secondary N) is 1. The summed E-state index contributed by atoms with van der Waals surface area (Å²) in [6.45, 7) is 4.03. The van der Waals surface area contributed by atoms with Crippen LogP contribution in [0.4, 0.5) is 0 Å². The van der Waals surface area contributed by atoms with Crippen molar-refractivity contribution in [3.8, 4) is 0 Å². The Hall–Kier alpha value is -1.59. The average molecular weight is 256 g/mol. The summed E-state index contributed by atoms with van der Waals surface area (Å²) in [6.07, 6.45) is 1.37. The molecule has 0 aliphatic carbocycles. The summed E-state index contributed by atoms with van der Waals surface area (Å²) in [6, 6.07) is -0.0704. The second-order valence-electron chi connectivity index (χ2n) is 4.86. The monoisotopic (exact) mass is 256 g/mol. The van der Waals surface area contributed by atoms with Crippen LogP contribution >= 0.6 is 0 Å². The van der Waals surface area contributed by atoms with Crippen molar-refractivity contribution in [1.29, 1.82) is 0 Å². The van der Waals surface area contributed by atoms with Gasteiger partial charge in [-0.05, 0) is 18.8 Å². The van der Waals surface area contributed by atoms with Gasteiger partial charge in [-0.1, -0.05) is 0 Å². The van der Waals surface area contributed by atoms with Crippen molar-refractivity contribution in [1.82, 2.24) is 10.2 Å². The quantitative estimate of drug-likeness (QED) is 0.753. The summed E-state index contributed by atoms with van der Waals surface area (Å²) >= 11 is 0. The lowest BCUT2D eigenvalue weighted by Crippen LogP contribution is -2.51. The Labute approximate surface area is 106 Å². The predicted molar refractivity (Wildman–Crippen MR) is 64.8 cm³/mol. The number of carboxylic acid groups (broad SMARTS) is 1. The Bertz CT molecular complexity index is 343. The second-order valence-corrected chi connectivity index (χ2v) is 4.86. The highest BCUT2D eigenvalue weighted by Crippen LogP contribution is 2.21. The molecule has 1 heterocycles. The molecular formula is C12H20N2O4. The lowest BCUT2D eigenvalue weighted by Gasteiger charge is -2.37. The average Bonchev–Trinajstić information content (AvgIpc) is 2.25. The molecule has 18 heavy (non-hydrogen) atoms. The van der Waals surface area contributed by atoms with E-state index in [4.69, 9.17) is 5.11 Å². The number of rotatable bonds is 4. The molecule has 6 heteroatoms. The molecule has 1 fully saturated rings. The molecule has 102 valence electrons. The molecule has 0 radical (unpaired) electrons. The molecule has 0 saturated carbocycles. The number of nitrogens with zero attached hydrogens (tertiary/aromatic N) is 1. The van der Waals surface area contributed by atoms with Gasteiger partial charge >= 0.3 is 5.97 Å². The van der Waals surface area contributed by atoms with Crippen LogP contribution in [0, 0.1) is 5.92 Å². The Kier molecular flexibility index (Phi) is 5.12. The van der Waals surface area contributed by atoms with E-state index in [1.165, 1.54) is 13.8 Å². The SMILES string of the molecule is CC(=O)NC1CC(CCC(=O)O)CN(C(C)=O)C1. The summed E-state index contributed by atoms with van der Waals surface area (Å²) in [7, 11) is 0. The number of carbonyl (C=O) groups is 3. The highest BCUT2D eigenvalue weighted by atomic mass is 16.4. The van der Waals surface area contributed by atoms with Gasteiger partial charge in [0.2, 0.25) is 11.8 Å². The number of aliphatic carboxylic acids is 1. The van der Waals surface area contributed by atoms with E-state index in [2.05, 4.69) is 5.32 Å². The van der Waals surface area contributed by atoms with Gasteiger partial charge in [0.25, 0.3) is 0 Å². The molecule has 0 bridgehead atoms. The van der Waals surface area contributed by atoms with Crippen molar-refractivity contribution in [3.63, 3.8) is 0 Å². The molecule has 1 rings (SSSR count). The van der Waals surface area contributed by atoms with Gasteiger partial charge in [0.1, 0.15) is 0 Å². The summed E-state index contributed by atoms with van der Waals surface area (Å²) < 4.78 is 0. The molecule has 0 aromatic rings. The van der Waals surface area contributed by atoms with E-state index in [1.807, 2.05) is 0 Å². The lowest BCUT2D eigenvalue weighted by molar-refractivity contribution is -0.137. The van der Waals surface area contributed by atoms with Crippen LogP contribution < -0.4 is 5.32 Å². The number of carboxylic acids is 1. The maximum Gasteiger partial charge on any atom is 0.303 e. The van der Waals surface area contributed by atoms with Crippen LogP contribution in [0.15, 0.2) is 0 Å². The number of amides is 2. The van der Waals surface area contributed by atoms with Gasteiger partial charge in [-0.15, -0.1) is 0 Å². The van der Waals surface area contributed by atoms with E-state index in [9.17, 15) is 14.4 Å². The predicted octanol–water partition coefficient (Wildman–Crippen LogP) is 0.224. The zero-order valence-electron chi connectivity index (χ0n) is 10.8. The zero-order valence-corrected chi connectivity index (χ0v) is 10.8. The second kappa shape index (κ2) is 6.37. The fourth-order valence-corrected chi connectivity index (χ4v) is 2.39. The first-order valence-corrected chi connectivity index (χ1v) is 6.13. The van der Waals surface area contributed by atoms with Crippen molar-refractivity contribution in [2.24, 2.45) is 5.92 Å². The van der Waals surface area contributed by atoms with Crippen LogP contribution in [0.5, 0.6) is 0 Å².